The maximum Gasteiger partial charge on any atom is 0.0457 e. The molecule has 0 unspecified atom stereocenters. The molecule has 0 saturated carbocycles. The number of aromatic amines is 4. The van der Waals surface area contributed by atoms with Crippen molar-refractivity contribution >= 4 is 43.6 Å². The lowest BCUT2D eigenvalue weighted by Crippen LogP contribution is -2.16. The summed E-state index contributed by atoms with van der Waals surface area (Å²) in [4.78, 5) is 13.7. The van der Waals surface area contributed by atoms with Crippen LogP contribution in [0.5, 0.6) is 0 Å². The van der Waals surface area contributed by atoms with E-state index >= 15 is 0 Å². The summed E-state index contributed by atoms with van der Waals surface area (Å²) in [6.45, 7) is 6.17. The number of fused-ring (bicyclic) bond motifs is 4. The molecule has 8 heteroatoms. The van der Waals surface area contributed by atoms with Gasteiger partial charge in [0.2, 0.25) is 0 Å². The third-order valence-corrected chi connectivity index (χ3v) is 11.7. The maximum absolute atomic E-state index is 3.76. The zero-order valence-electron chi connectivity index (χ0n) is 33.7. The molecule has 0 fully saturated rings. The van der Waals surface area contributed by atoms with Gasteiger partial charge in [-0.05, 0) is 104 Å². The van der Waals surface area contributed by atoms with Gasteiger partial charge in [-0.2, -0.15) is 0 Å². The van der Waals surface area contributed by atoms with Crippen LogP contribution in [0.25, 0.3) is 54.7 Å². The summed E-state index contributed by atoms with van der Waals surface area (Å²) >= 11 is 0. The van der Waals surface area contributed by atoms with Gasteiger partial charge in [-0.1, -0.05) is 84.9 Å². The number of hydrogen-bond acceptors (Lipinski definition) is 4. The number of hydrogen-bond donors (Lipinski definition) is 8. The van der Waals surface area contributed by atoms with Crippen LogP contribution in [0, 0.1) is 0 Å². The van der Waals surface area contributed by atoms with E-state index in [0.29, 0.717) is 0 Å². The molecule has 6 aromatic carbocycles. The minimum atomic E-state index is 0.758. The van der Waals surface area contributed by atoms with Crippen molar-refractivity contribution < 1.29 is 0 Å². The average Bonchev–Trinajstić information content (AvgIpc) is 4.10. The van der Waals surface area contributed by atoms with Gasteiger partial charge in [0.05, 0.1) is 0 Å². The van der Waals surface area contributed by atoms with Crippen molar-refractivity contribution in [1.29, 1.82) is 0 Å². The number of para-hydroxylation sites is 4. The second kappa shape index (κ2) is 17.3. The maximum atomic E-state index is 3.76. The third-order valence-electron chi connectivity index (χ3n) is 11.7. The third kappa shape index (κ3) is 8.27. The van der Waals surface area contributed by atoms with Gasteiger partial charge < -0.3 is 41.2 Å². The van der Waals surface area contributed by atoms with Crippen LogP contribution in [-0.4, -0.2) is 19.9 Å². The molecule has 0 aliphatic rings. The molecular formula is C52H50N8. The highest BCUT2D eigenvalue weighted by molar-refractivity contribution is 5.85. The van der Waals surface area contributed by atoms with Crippen LogP contribution in [0.2, 0.25) is 0 Å². The number of nitrogens with one attached hydrogen (secondary N) is 8. The van der Waals surface area contributed by atoms with Crippen molar-refractivity contribution in [1.82, 2.24) is 41.2 Å². The van der Waals surface area contributed by atoms with Crippen LogP contribution >= 0.6 is 0 Å². The molecule has 10 rings (SSSR count). The van der Waals surface area contributed by atoms with Gasteiger partial charge in [0, 0.05) is 121 Å². The molecule has 0 aliphatic heterocycles. The van der Waals surface area contributed by atoms with Gasteiger partial charge >= 0.3 is 0 Å². The predicted octanol–water partition coefficient (Wildman–Crippen LogP) is 10.4. The summed E-state index contributed by atoms with van der Waals surface area (Å²) < 4.78 is 0. The largest absolute Gasteiger partial charge is 0.361 e. The van der Waals surface area contributed by atoms with E-state index in [-0.39, 0.29) is 0 Å². The van der Waals surface area contributed by atoms with Gasteiger partial charge in [-0.25, -0.2) is 0 Å². The fraction of sp³-hybridized carbons (Fsp3) is 0.154. The van der Waals surface area contributed by atoms with E-state index in [1.807, 2.05) is 0 Å². The molecular weight excluding hydrogens is 737 g/mol. The zero-order valence-corrected chi connectivity index (χ0v) is 33.7. The minimum absolute atomic E-state index is 0.758. The van der Waals surface area contributed by atoms with Gasteiger partial charge in [-0.15, -0.1) is 0 Å². The molecule has 0 aliphatic carbocycles. The fourth-order valence-corrected chi connectivity index (χ4v) is 8.74. The Morgan fingerprint density at radius 1 is 0.283 bits per heavy atom. The van der Waals surface area contributed by atoms with E-state index in [0.717, 1.165) is 52.4 Å². The normalized spacial score (nSPS) is 11.8. The first-order valence-corrected chi connectivity index (χ1v) is 21.0. The number of benzene rings is 6. The van der Waals surface area contributed by atoms with E-state index in [1.54, 1.807) is 0 Å². The summed E-state index contributed by atoms with van der Waals surface area (Å²) in [5.74, 6) is 0. The predicted molar refractivity (Wildman–Crippen MR) is 247 cm³/mol. The number of H-pyrrole nitrogens is 4. The topological polar surface area (TPSA) is 111 Å². The minimum Gasteiger partial charge on any atom is -0.361 e. The Balaban J connectivity index is 0.923. The summed E-state index contributed by atoms with van der Waals surface area (Å²) in [7, 11) is 0. The molecule has 0 atom stereocenters. The number of rotatable bonds is 17. The first-order valence-electron chi connectivity index (χ1n) is 21.0. The Morgan fingerprint density at radius 3 is 0.800 bits per heavy atom. The van der Waals surface area contributed by atoms with Crippen LogP contribution in [-0.2, 0) is 52.4 Å². The van der Waals surface area contributed by atoms with Gasteiger partial charge in [0.1, 0.15) is 0 Å². The van der Waals surface area contributed by atoms with Gasteiger partial charge in [0.25, 0.3) is 0 Å². The highest BCUT2D eigenvalue weighted by atomic mass is 14.9. The van der Waals surface area contributed by atoms with Crippen molar-refractivity contribution in [2.75, 3.05) is 0 Å². The summed E-state index contributed by atoms with van der Waals surface area (Å²) in [6, 6.07) is 48.2. The number of aromatic nitrogens is 4. The van der Waals surface area contributed by atoms with E-state index in [9.17, 15) is 0 Å². The van der Waals surface area contributed by atoms with Gasteiger partial charge in [0.15, 0.2) is 0 Å². The molecule has 0 spiro atoms. The van der Waals surface area contributed by atoms with E-state index < -0.39 is 0 Å². The van der Waals surface area contributed by atoms with E-state index in [2.05, 4.69) is 199 Å². The molecule has 0 amide bonds. The quantitative estimate of drug-likeness (QED) is 0.0470. The Kier molecular flexibility index (Phi) is 10.8. The van der Waals surface area contributed by atoms with Crippen molar-refractivity contribution in [3.05, 3.63) is 203 Å². The molecule has 0 saturated heterocycles. The Morgan fingerprint density at radius 2 is 0.533 bits per heavy atom. The standard InChI is InChI=1S/C52H50N8/c1-5-13-49-45(9-1)41(31-57-49)27-53-23-35-17-36(24-54-28-42-32-58-50-14-6-2-10-46(42)50)20-39(19-35)40-21-37(25-55-29-43-33-59-51-15-7-3-11-47(43)51)18-38(22-40)26-56-30-44-34-60-52-16-8-4-12-48(44)52/h1-22,31-34,53-60H,23-30H2. The lowest BCUT2D eigenvalue weighted by Gasteiger charge is -2.15. The molecule has 4 heterocycles. The van der Waals surface area contributed by atoms with Crippen LogP contribution in [0.3, 0.4) is 0 Å². The molecule has 60 heavy (non-hydrogen) atoms. The smallest absolute Gasteiger partial charge is 0.0457 e. The van der Waals surface area contributed by atoms with E-state index in [1.165, 1.54) is 99.2 Å². The van der Waals surface area contributed by atoms with Crippen LogP contribution < -0.4 is 21.3 Å². The zero-order chi connectivity index (χ0) is 40.1. The summed E-state index contributed by atoms with van der Waals surface area (Å²) in [6.07, 6.45) is 8.50. The van der Waals surface area contributed by atoms with Crippen LogP contribution in [0.15, 0.2) is 158 Å². The van der Waals surface area contributed by atoms with Crippen molar-refractivity contribution in [3.63, 3.8) is 0 Å². The lowest BCUT2D eigenvalue weighted by atomic mass is 9.96. The summed E-state index contributed by atoms with van der Waals surface area (Å²) in [5, 5.41) is 20.1. The van der Waals surface area contributed by atoms with Gasteiger partial charge in [-0.3, -0.25) is 0 Å². The first kappa shape index (κ1) is 37.6. The van der Waals surface area contributed by atoms with Crippen molar-refractivity contribution in [2.45, 2.75) is 52.4 Å². The monoisotopic (exact) mass is 786 g/mol. The van der Waals surface area contributed by atoms with Crippen molar-refractivity contribution in [2.24, 2.45) is 0 Å². The first-order chi connectivity index (χ1) is 29.7. The summed E-state index contributed by atoms with van der Waals surface area (Å²) in [5.41, 5.74) is 17.3. The SMILES string of the molecule is c1ccc2c(CNCc3cc(CNCc4c[nH]c5ccccc45)cc(-c4cc(CNCc5c[nH]c6ccccc56)cc(CNCc5c[nH]c6ccccc56)c4)c3)c[nH]c2c1. The Hall–Kier alpha value is -6.68. The highest BCUT2D eigenvalue weighted by Crippen LogP contribution is 2.28. The molecule has 4 aromatic heterocycles. The second-order valence-corrected chi connectivity index (χ2v) is 15.9. The van der Waals surface area contributed by atoms with E-state index in [4.69, 9.17) is 0 Å². The second-order valence-electron chi connectivity index (χ2n) is 15.9. The Labute approximate surface area is 349 Å². The molecule has 8 N–H and O–H groups in total. The molecule has 298 valence electrons. The fourth-order valence-electron chi connectivity index (χ4n) is 8.74. The van der Waals surface area contributed by atoms with Crippen molar-refractivity contribution in [3.8, 4) is 11.1 Å². The van der Waals surface area contributed by atoms with Crippen LogP contribution in [0.4, 0.5) is 0 Å². The molecule has 0 radical (unpaired) electrons. The molecule has 8 nitrogen and oxygen atoms in total. The highest BCUT2D eigenvalue weighted by Gasteiger charge is 2.11. The van der Waals surface area contributed by atoms with Crippen LogP contribution in [0.1, 0.15) is 44.5 Å². The average molecular weight is 787 g/mol. The molecule has 10 aromatic rings. The molecule has 0 bridgehead atoms. The Bertz CT molecular complexity index is 2630. The lowest BCUT2D eigenvalue weighted by molar-refractivity contribution is 0.683.